The maximum Gasteiger partial charge on any atom is 0.255 e. The summed E-state index contributed by atoms with van der Waals surface area (Å²) < 4.78 is 0.875. The second-order valence-corrected chi connectivity index (χ2v) is 6.06. The molecule has 1 rings (SSSR count). The van der Waals surface area contributed by atoms with Gasteiger partial charge in [-0.2, -0.15) is 0 Å². The van der Waals surface area contributed by atoms with Crippen LogP contribution in [0.5, 0.6) is 0 Å². The van der Waals surface area contributed by atoms with E-state index in [-0.39, 0.29) is 11.9 Å². The maximum absolute atomic E-state index is 12.6. The van der Waals surface area contributed by atoms with Gasteiger partial charge in [-0.3, -0.25) is 4.79 Å². The summed E-state index contributed by atoms with van der Waals surface area (Å²) in [6.45, 7) is 7.09. The van der Waals surface area contributed by atoms with Crippen LogP contribution >= 0.6 is 27.5 Å². The molecule has 0 saturated heterocycles. The molecule has 1 unspecified atom stereocenters. The Kier molecular flexibility index (Phi) is 6.87. The monoisotopic (exact) mass is 345 g/mol. The lowest BCUT2D eigenvalue weighted by Crippen LogP contribution is -2.39. The molecular formula is C15H21BrClNO. The lowest BCUT2D eigenvalue weighted by Gasteiger charge is -2.29. The van der Waals surface area contributed by atoms with Crippen molar-refractivity contribution in [3.63, 3.8) is 0 Å². The predicted octanol–water partition coefficient (Wildman–Crippen LogP) is 5.14. The molecule has 0 fully saturated rings. The Morgan fingerprint density at radius 2 is 2.11 bits per heavy atom. The molecule has 1 amide bonds. The topological polar surface area (TPSA) is 20.3 Å². The minimum Gasteiger partial charge on any atom is -0.336 e. The first-order valence-electron chi connectivity index (χ1n) is 6.77. The van der Waals surface area contributed by atoms with Crippen LogP contribution in [0.15, 0.2) is 22.7 Å². The van der Waals surface area contributed by atoms with Crippen molar-refractivity contribution >= 4 is 33.4 Å². The molecule has 1 aromatic carbocycles. The van der Waals surface area contributed by atoms with E-state index >= 15 is 0 Å². The standard InChI is InChI=1S/C15H21BrClNO/c1-4-6-9-18(11(3)5-2)15(19)13-10-12(16)7-8-14(13)17/h7-8,10-11H,4-6,9H2,1-3H3. The van der Waals surface area contributed by atoms with E-state index in [1.165, 1.54) is 0 Å². The number of rotatable bonds is 6. The van der Waals surface area contributed by atoms with Gasteiger partial charge in [0.25, 0.3) is 5.91 Å². The zero-order valence-electron chi connectivity index (χ0n) is 11.7. The van der Waals surface area contributed by atoms with Gasteiger partial charge in [0.15, 0.2) is 0 Å². The summed E-state index contributed by atoms with van der Waals surface area (Å²) >= 11 is 9.54. The van der Waals surface area contributed by atoms with Gasteiger partial charge in [-0.25, -0.2) is 0 Å². The molecule has 1 atom stereocenters. The van der Waals surface area contributed by atoms with Crippen LogP contribution in [0.4, 0.5) is 0 Å². The molecule has 19 heavy (non-hydrogen) atoms. The van der Waals surface area contributed by atoms with Crippen LogP contribution in [0, 0.1) is 0 Å². The molecule has 0 N–H and O–H groups in total. The highest BCUT2D eigenvalue weighted by Gasteiger charge is 2.22. The summed E-state index contributed by atoms with van der Waals surface area (Å²) in [5.74, 6) is 0.0223. The highest BCUT2D eigenvalue weighted by atomic mass is 79.9. The number of benzene rings is 1. The van der Waals surface area contributed by atoms with Gasteiger partial charge < -0.3 is 4.90 Å². The van der Waals surface area contributed by atoms with E-state index in [1.54, 1.807) is 12.1 Å². The van der Waals surface area contributed by atoms with Crippen molar-refractivity contribution in [2.45, 2.75) is 46.1 Å². The number of amides is 1. The van der Waals surface area contributed by atoms with E-state index in [0.29, 0.717) is 10.6 Å². The van der Waals surface area contributed by atoms with E-state index in [9.17, 15) is 4.79 Å². The predicted molar refractivity (Wildman–Crippen MR) is 84.8 cm³/mol. The van der Waals surface area contributed by atoms with E-state index in [0.717, 1.165) is 30.3 Å². The Labute approximate surface area is 129 Å². The van der Waals surface area contributed by atoms with Crippen LogP contribution < -0.4 is 0 Å². The van der Waals surface area contributed by atoms with Gasteiger partial charge in [0.05, 0.1) is 10.6 Å². The lowest BCUT2D eigenvalue weighted by molar-refractivity contribution is 0.0685. The number of halogens is 2. The van der Waals surface area contributed by atoms with Crippen LogP contribution in [-0.4, -0.2) is 23.4 Å². The van der Waals surface area contributed by atoms with Crippen molar-refractivity contribution in [3.05, 3.63) is 33.3 Å². The average Bonchev–Trinajstić information content (AvgIpc) is 2.41. The van der Waals surface area contributed by atoms with Crippen LogP contribution in [-0.2, 0) is 0 Å². The fourth-order valence-corrected chi connectivity index (χ4v) is 2.45. The van der Waals surface area contributed by atoms with E-state index in [1.807, 2.05) is 11.0 Å². The Morgan fingerprint density at radius 3 is 2.68 bits per heavy atom. The highest BCUT2D eigenvalue weighted by Crippen LogP contribution is 2.23. The second kappa shape index (κ2) is 7.91. The van der Waals surface area contributed by atoms with Crippen LogP contribution in [0.25, 0.3) is 0 Å². The first-order valence-corrected chi connectivity index (χ1v) is 7.94. The number of hydrogen-bond acceptors (Lipinski definition) is 1. The van der Waals surface area contributed by atoms with Crippen molar-refractivity contribution in [2.24, 2.45) is 0 Å². The molecule has 0 radical (unpaired) electrons. The van der Waals surface area contributed by atoms with Crippen molar-refractivity contribution in [3.8, 4) is 0 Å². The fraction of sp³-hybridized carbons (Fsp3) is 0.533. The van der Waals surface area contributed by atoms with Gasteiger partial charge in [-0.05, 0) is 38.0 Å². The Hall–Kier alpha value is -0.540. The van der Waals surface area contributed by atoms with Crippen molar-refractivity contribution in [1.82, 2.24) is 4.90 Å². The van der Waals surface area contributed by atoms with Crippen molar-refractivity contribution < 1.29 is 4.79 Å². The first kappa shape index (κ1) is 16.5. The van der Waals surface area contributed by atoms with E-state index in [2.05, 4.69) is 36.7 Å². The third kappa shape index (κ3) is 4.50. The molecule has 0 aromatic heterocycles. The van der Waals surface area contributed by atoms with Gasteiger partial charge in [0.2, 0.25) is 0 Å². The molecule has 0 aliphatic carbocycles. The molecule has 1 aromatic rings. The smallest absolute Gasteiger partial charge is 0.255 e. The third-order valence-corrected chi connectivity index (χ3v) is 4.12. The third-order valence-electron chi connectivity index (χ3n) is 3.30. The largest absolute Gasteiger partial charge is 0.336 e. The molecule has 0 aliphatic rings. The summed E-state index contributed by atoms with van der Waals surface area (Å²) in [5, 5.41) is 0.512. The SMILES string of the molecule is CCCCN(C(=O)c1cc(Br)ccc1Cl)C(C)CC. The zero-order valence-corrected chi connectivity index (χ0v) is 14.1. The Balaban J connectivity index is 3.00. The minimum absolute atomic E-state index is 0.0223. The summed E-state index contributed by atoms with van der Waals surface area (Å²) in [6, 6.07) is 5.63. The van der Waals surface area contributed by atoms with E-state index < -0.39 is 0 Å². The summed E-state index contributed by atoms with van der Waals surface area (Å²) in [7, 11) is 0. The lowest BCUT2D eigenvalue weighted by atomic mass is 10.1. The molecule has 106 valence electrons. The normalized spacial score (nSPS) is 12.3. The highest BCUT2D eigenvalue weighted by molar-refractivity contribution is 9.10. The number of hydrogen-bond donors (Lipinski definition) is 0. The van der Waals surface area contributed by atoms with Crippen molar-refractivity contribution in [2.75, 3.05) is 6.54 Å². The van der Waals surface area contributed by atoms with Crippen LogP contribution in [0.2, 0.25) is 5.02 Å². The second-order valence-electron chi connectivity index (χ2n) is 4.73. The molecule has 0 saturated carbocycles. The number of nitrogens with zero attached hydrogens (tertiary/aromatic N) is 1. The average molecular weight is 347 g/mol. The van der Waals surface area contributed by atoms with Gasteiger partial charge in [0, 0.05) is 17.1 Å². The number of unbranched alkanes of at least 4 members (excludes halogenated alkanes) is 1. The molecule has 0 spiro atoms. The molecule has 0 bridgehead atoms. The number of carbonyl (C=O) groups excluding carboxylic acids is 1. The van der Waals surface area contributed by atoms with Gasteiger partial charge >= 0.3 is 0 Å². The fourth-order valence-electron chi connectivity index (χ4n) is 1.89. The summed E-state index contributed by atoms with van der Waals surface area (Å²) in [4.78, 5) is 14.6. The molecular weight excluding hydrogens is 326 g/mol. The molecule has 0 heterocycles. The Morgan fingerprint density at radius 1 is 1.42 bits per heavy atom. The summed E-state index contributed by atoms with van der Waals surface area (Å²) in [6.07, 6.45) is 3.04. The van der Waals surface area contributed by atoms with E-state index in [4.69, 9.17) is 11.6 Å². The van der Waals surface area contributed by atoms with Crippen molar-refractivity contribution in [1.29, 1.82) is 0 Å². The minimum atomic E-state index is 0.0223. The first-order chi connectivity index (χ1) is 9.01. The molecule has 4 heteroatoms. The quantitative estimate of drug-likeness (QED) is 0.698. The van der Waals surface area contributed by atoms with Gasteiger partial charge in [0.1, 0.15) is 0 Å². The van der Waals surface area contributed by atoms with Crippen LogP contribution in [0.1, 0.15) is 50.4 Å². The van der Waals surface area contributed by atoms with Gasteiger partial charge in [-0.1, -0.05) is 47.8 Å². The summed E-state index contributed by atoms with van der Waals surface area (Å²) in [5.41, 5.74) is 0.576. The Bertz CT molecular complexity index is 436. The number of carbonyl (C=O) groups is 1. The maximum atomic E-state index is 12.6. The molecule has 2 nitrogen and oxygen atoms in total. The van der Waals surface area contributed by atoms with Crippen LogP contribution in [0.3, 0.4) is 0 Å². The zero-order chi connectivity index (χ0) is 14.4. The van der Waals surface area contributed by atoms with Gasteiger partial charge in [-0.15, -0.1) is 0 Å². The molecule has 0 aliphatic heterocycles.